The summed E-state index contributed by atoms with van der Waals surface area (Å²) in [4.78, 5) is 55.9. The van der Waals surface area contributed by atoms with Gasteiger partial charge in [0.1, 0.15) is 67.1 Å². The van der Waals surface area contributed by atoms with E-state index in [0.717, 1.165) is 102 Å². The van der Waals surface area contributed by atoms with E-state index >= 15 is 0 Å². The zero-order valence-corrected chi connectivity index (χ0v) is 58.6. The fraction of sp³-hybridized carbons (Fsp3) is 0.833. The van der Waals surface area contributed by atoms with Crippen LogP contribution in [0.15, 0.2) is 36.4 Å². The molecule has 0 saturated carbocycles. The minimum atomic E-state index is -1.95. The van der Waals surface area contributed by atoms with Gasteiger partial charge < -0.3 is 102 Å². The third-order valence-electron chi connectivity index (χ3n) is 19.6. The summed E-state index contributed by atoms with van der Waals surface area (Å²) < 4.78 is 89.8. The highest BCUT2D eigenvalue weighted by molar-refractivity contribution is 5.87. The molecule has 7 N–H and O–H groups in total. The van der Waals surface area contributed by atoms with Gasteiger partial charge in [-0.25, -0.2) is 4.79 Å². The van der Waals surface area contributed by atoms with Crippen LogP contribution in [0.1, 0.15) is 222 Å². The first-order valence-electron chi connectivity index (χ1n) is 36.4. The summed E-state index contributed by atoms with van der Waals surface area (Å²) in [5.41, 5.74) is 0.648. The Morgan fingerprint density at radius 1 is 0.495 bits per heavy atom. The molecule has 7 rings (SSSR count). The Morgan fingerprint density at radius 2 is 1.04 bits per heavy atom. The largest absolute Gasteiger partial charge is 0.457 e. The SMILES string of the molecule is CCCCCCCCCCCC(=O)OC1C(C)OC(OC2C(C)OC(OC3C(C)OC4OC5C(OC(CCCCC)CCCCCCCCCC(=O)OC4C3O)OC(C)C(O)C5O)C(OC(=O)C(C)CC)C2OC2OC(C)C(O)C(O)C2O)C(OC(=O)C=Cc2ccccc2)C1O. The van der Waals surface area contributed by atoms with E-state index in [1.165, 1.54) is 46.6 Å². The number of carbonyl (C=O) groups excluding carboxylic acids is 4. The number of benzene rings is 1. The first-order chi connectivity index (χ1) is 46.5. The number of rotatable bonds is 27. The first-order valence-corrected chi connectivity index (χ1v) is 36.4. The lowest BCUT2D eigenvalue weighted by Gasteiger charge is -2.51. The number of hydrogen-bond acceptors (Lipinski definition) is 25. The zero-order chi connectivity index (χ0) is 70.3. The molecule has 27 atom stereocenters. The maximum absolute atomic E-state index is 14.4. The van der Waals surface area contributed by atoms with Gasteiger partial charge in [0, 0.05) is 18.9 Å². The van der Waals surface area contributed by atoms with Crippen LogP contribution in [0.4, 0.5) is 0 Å². The molecule has 0 amide bonds. The molecule has 25 heteroatoms. The van der Waals surface area contributed by atoms with Crippen molar-refractivity contribution in [2.45, 2.75) is 376 Å². The van der Waals surface area contributed by atoms with Crippen LogP contribution in [-0.4, -0.2) is 219 Å². The molecule has 6 aliphatic heterocycles. The smallest absolute Gasteiger partial charge is 0.331 e. The lowest BCUT2D eigenvalue weighted by atomic mass is 9.95. The van der Waals surface area contributed by atoms with Crippen LogP contribution in [0.3, 0.4) is 0 Å². The molecule has 554 valence electrons. The van der Waals surface area contributed by atoms with Crippen molar-refractivity contribution in [2.75, 3.05) is 0 Å². The van der Waals surface area contributed by atoms with Gasteiger partial charge in [-0.05, 0) is 78.4 Å². The highest BCUT2D eigenvalue weighted by atomic mass is 16.8. The van der Waals surface area contributed by atoms with Gasteiger partial charge in [-0.15, -0.1) is 0 Å². The highest BCUT2D eigenvalue weighted by Gasteiger charge is 2.59. The second-order valence-electron chi connectivity index (χ2n) is 27.5. The normalized spacial score (nSPS) is 38.5. The Kier molecular flexibility index (Phi) is 33.8. The maximum Gasteiger partial charge on any atom is 0.331 e. The standard InChI is InChI=1S/C72H116O25/c1-10-13-15-16-17-18-21-24-31-37-49(73)90-59-44(7)86-70(63(57(59)81)92-51(75)40-39-47-33-28-26-29-34-47)95-61-46(9)88-72(66(93-67(83)41(4)12-3)65(61)97-68-56(80)54(78)52(76)42(5)84-68)94-60-45(8)87-71-64(58(60)82)91-50(74)38-32-25-22-19-20-23-30-36-48(35-27-14-11-2)89-69-62(96-71)55(79)53(77)43(6)85-69/h26,28-29,33-34,39-46,48,52-66,68-72,76-82H,10-25,27,30-32,35-38H2,1-9H3. The van der Waals surface area contributed by atoms with E-state index in [2.05, 4.69) is 13.8 Å². The van der Waals surface area contributed by atoms with E-state index in [1.807, 2.05) is 0 Å². The average molecular weight is 1380 g/mol. The zero-order valence-electron chi connectivity index (χ0n) is 58.6. The Labute approximate surface area is 573 Å². The second-order valence-corrected chi connectivity index (χ2v) is 27.5. The maximum atomic E-state index is 14.4. The number of carbonyl (C=O) groups is 4. The van der Waals surface area contributed by atoms with Crippen LogP contribution in [0, 0.1) is 5.92 Å². The lowest BCUT2D eigenvalue weighted by molar-refractivity contribution is -0.399. The number of ether oxygens (including phenoxy) is 14. The summed E-state index contributed by atoms with van der Waals surface area (Å²) in [5, 5.41) is 81.9. The molecule has 25 nitrogen and oxygen atoms in total. The van der Waals surface area contributed by atoms with E-state index in [9.17, 15) is 54.9 Å². The molecule has 1 aromatic carbocycles. The molecule has 6 aliphatic rings. The molecule has 0 radical (unpaired) electrons. The van der Waals surface area contributed by atoms with Gasteiger partial charge >= 0.3 is 23.9 Å². The number of aliphatic hydroxyl groups is 7. The van der Waals surface area contributed by atoms with Crippen molar-refractivity contribution in [1.29, 1.82) is 0 Å². The van der Waals surface area contributed by atoms with Crippen molar-refractivity contribution in [3.8, 4) is 0 Å². The molecular formula is C72H116O25. The Hall–Kier alpha value is -3.84. The predicted octanol–water partition coefficient (Wildman–Crippen LogP) is 7.60. The molecule has 0 aromatic heterocycles. The minimum Gasteiger partial charge on any atom is -0.457 e. The summed E-state index contributed by atoms with van der Waals surface area (Å²) in [5.74, 6) is -3.87. The molecule has 0 spiro atoms. The van der Waals surface area contributed by atoms with Gasteiger partial charge in [0.15, 0.2) is 55.9 Å². The number of unbranched alkanes of at least 4 members (excludes halogenated alkanes) is 10. The molecule has 6 saturated heterocycles. The van der Waals surface area contributed by atoms with Crippen LogP contribution < -0.4 is 0 Å². The number of fused-ring (bicyclic) bond motifs is 2. The van der Waals surface area contributed by atoms with Crippen molar-refractivity contribution < 1.29 is 121 Å². The van der Waals surface area contributed by atoms with Crippen molar-refractivity contribution in [1.82, 2.24) is 0 Å². The van der Waals surface area contributed by atoms with E-state index in [4.69, 9.17) is 66.3 Å². The van der Waals surface area contributed by atoms with Crippen LogP contribution in [0.2, 0.25) is 0 Å². The molecular weight excluding hydrogens is 1260 g/mol. The molecule has 97 heavy (non-hydrogen) atoms. The fourth-order valence-electron chi connectivity index (χ4n) is 13.3. The van der Waals surface area contributed by atoms with Gasteiger partial charge in [0.05, 0.1) is 42.5 Å². The van der Waals surface area contributed by atoms with Gasteiger partial charge in [0.2, 0.25) is 0 Å². The second kappa shape index (κ2) is 40.7. The van der Waals surface area contributed by atoms with E-state index in [0.29, 0.717) is 31.2 Å². The topological polar surface area (TPSA) is 339 Å². The van der Waals surface area contributed by atoms with Gasteiger partial charge in [0.25, 0.3) is 0 Å². The van der Waals surface area contributed by atoms with E-state index in [1.54, 1.807) is 51.1 Å². The summed E-state index contributed by atoms with van der Waals surface area (Å²) in [6.45, 7) is 15.3. The van der Waals surface area contributed by atoms with Gasteiger partial charge in [-0.2, -0.15) is 0 Å². The molecule has 6 heterocycles. The Morgan fingerprint density at radius 3 is 1.72 bits per heavy atom. The Balaban J connectivity index is 1.22. The van der Waals surface area contributed by atoms with E-state index in [-0.39, 0.29) is 25.4 Å². The molecule has 6 fully saturated rings. The number of hydrogen-bond donors (Lipinski definition) is 7. The predicted molar refractivity (Wildman–Crippen MR) is 350 cm³/mol. The minimum absolute atomic E-state index is 0.0412. The first kappa shape index (κ1) is 80.5. The Bertz CT molecular complexity index is 2490. The van der Waals surface area contributed by atoms with Gasteiger partial charge in [-0.3, -0.25) is 14.4 Å². The van der Waals surface area contributed by atoms with Crippen LogP contribution in [0.25, 0.3) is 6.08 Å². The van der Waals surface area contributed by atoms with Crippen molar-refractivity contribution in [2.24, 2.45) is 5.92 Å². The van der Waals surface area contributed by atoms with Crippen molar-refractivity contribution in [3.05, 3.63) is 42.0 Å². The molecule has 0 aliphatic carbocycles. The summed E-state index contributed by atoms with van der Waals surface area (Å²) in [6, 6.07) is 8.87. The molecule has 27 unspecified atom stereocenters. The quantitative estimate of drug-likeness (QED) is 0.0193. The lowest BCUT2D eigenvalue weighted by Crippen LogP contribution is -2.68. The number of aliphatic hydroxyl groups excluding tert-OH is 7. The van der Waals surface area contributed by atoms with Crippen LogP contribution in [0.5, 0.6) is 0 Å². The third kappa shape index (κ3) is 23.3. The van der Waals surface area contributed by atoms with Crippen molar-refractivity contribution >= 4 is 30.0 Å². The molecule has 1 aromatic rings. The van der Waals surface area contributed by atoms with Crippen LogP contribution in [-0.2, 0) is 85.5 Å². The summed E-state index contributed by atoms with van der Waals surface area (Å²) in [6.07, 6.45) is -17.1. The summed E-state index contributed by atoms with van der Waals surface area (Å²) in [7, 11) is 0. The average Bonchev–Trinajstić information content (AvgIpc) is 0.770. The van der Waals surface area contributed by atoms with Crippen molar-refractivity contribution in [3.63, 3.8) is 0 Å². The monoisotopic (exact) mass is 1380 g/mol. The number of esters is 4. The summed E-state index contributed by atoms with van der Waals surface area (Å²) >= 11 is 0. The van der Waals surface area contributed by atoms with E-state index < -0.39 is 183 Å². The fourth-order valence-corrected chi connectivity index (χ4v) is 13.3. The van der Waals surface area contributed by atoms with Gasteiger partial charge in [-0.1, -0.05) is 167 Å². The molecule has 0 bridgehead atoms. The highest BCUT2D eigenvalue weighted by Crippen LogP contribution is 2.40. The van der Waals surface area contributed by atoms with Crippen LogP contribution >= 0.6 is 0 Å². The third-order valence-corrected chi connectivity index (χ3v) is 19.6.